The lowest BCUT2D eigenvalue weighted by Crippen LogP contribution is -2.35. The van der Waals surface area contributed by atoms with Crippen LogP contribution in [0.25, 0.3) is 0 Å². The minimum absolute atomic E-state index is 0.0635. The number of rotatable bonds is 4. The highest BCUT2D eigenvalue weighted by molar-refractivity contribution is 14.1. The molecule has 0 aliphatic heterocycles. The van der Waals surface area contributed by atoms with E-state index in [4.69, 9.17) is 10.8 Å². The van der Waals surface area contributed by atoms with Gasteiger partial charge in [0, 0.05) is 3.57 Å². The SMILES string of the molecule is CC[C@H](N)C(=O)Nc1ccc(I)cc1C(=O)O. The number of halogens is 1. The Balaban J connectivity index is 2.98. The Morgan fingerprint density at radius 2 is 2.18 bits per heavy atom. The quantitative estimate of drug-likeness (QED) is 0.722. The van der Waals surface area contributed by atoms with Crippen LogP contribution < -0.4 is 11.1 Å². The molecule has 0 saturated heterocycles. The molecule has 0 aliphatic carbocycles. The lowest BCUT2D eigenvalue weighted by atomic mass is 10.1. The van der Waals surface area contributed by atoms with Gasteiger partial charge in [-0.05, 0) is 47.2 Å². The second kappa shape index (κ2) is 5.97. The minimum Gasteiger partial charge on any atom is -0.478 e. The summed E-state index contributed by atoms with van der Waals surface area (Å²) in [6.07, 6.45) is 0.499. The summed E-state index contributed by atoms with van der Waals surface area (Å²) in [5.41, 5.74) is 5.89. The molecule has 0 bridgehead atoms. The van der Waals surface area contributed by atoms with Gasteiger partial charge >= 0.3 is 5.97 Å². The first-order valence-electron chi connectivity index (χ1n) is 5.05. The highest BCUT2D eigenvalue weighted by Crippen LogP contribution is 2.19. The van der Waals surface area contributed by atoms with E-state index in [1.165, 1.54) is 6.07 Å². The number of carbonyl (C=O) groups is 2. The van der Waals surface area contributed by atoms with Crippen LogP contribution >= 0.6 is 22.6 Å². The highest BCUT2D eigenvalue weighted by atomic mass is 127. The molecule has 0 radical (unpaired) electrons. The molecule has 0 heterocycles. The highest BCUT2D eigenvalue weighted by Gasteiger charge is 2.16. The molecule has 0 aromatic heterocycles. The van der Waals surface area contributed by atoms with Crippen LogP contribution in [0.4, 0.5) is 5.69 Å². The third-order valence-corrected chi connectivity index (χ3v) is 2.92. The summed E-state index contributed by atoms with van der Waals surface area (Å²) in [5.74, 6) is -1.46. The van der Waals surface area contributed by atoms with Crippen LogP contribution in [-0.2, 0) is 4.79 Å². The summed E-state index contributed by atoms with van der Waals surface area (Å²) in [6.45, 7) is 1.79. The van der Waals surface area contributed by atoms with E-state index >= 15 is 0 Å². The molecule has 5 nitrogen and oxygen atoms in total. The second-order valence-corrected chi connectivity index (χ2v) is 4.74. The fraction of sp³-hybridized carbons (Fsp3) is 0.273. The molecule has 1 amide bonds. The van der Waals surface area contributed by atoms with Gasteiger partial charge in [-0.2, -0.15) is 0 Å². The first-order valence-corrected chi connectivity index (χ1v) is 6.12. The molecule has 4 N–H and O–H groups in total. The molecule has 0 saturated carbocycles. The number of nitrogens with two attached hydrogens (primary N) is 1. The number of hydrogen-bond acceptors (Lipinski definition) is 3. The lowest BCUT2D eigenvalue weighted by molar-refractivity contribution is -0.117. The van der Waals surface area contributed by atoms with E-state index in [9.17, 15) is 9.59 Å². The van der Waals surface area contributed by atoms with Gasteiger partial charge in [-0.1, -0.05) is 6.92 Å². The molecular formula is C11H13IN2O3. The molecule has 6 heteroatoms. The van der Waals surface area contributed by atoms with Crippen LogP contribution in [0.5, 0.6) is 0 Å². The van der Waals surface area contributed by atoms with Gasteiger partial charge in [-0.3, -0.25) is 4.79 Å². The van der Waals surface area contributed by atoms with Gasteiger partial charge in [-0.25, -0.2) is 4.79 Å². The van der Waals surface area contributed by atoms with Crippen molar-refractivity contribution in [3.05, 3.63) is 27.3 Å². The molecule has 0 fully saturated rings. The normalized spacial score (nSPS) is 11.9. The third-order valence-electron chi connectivity index (χ3n) is 2.25. The maximum Gasteiger partial charge on any atom is 0.337 e. The summed E-state index contributed by atoms with van der Waals surface area (Å²) in [5, 5.41) is 11.5. The van der Waals surface area contributed by atoms with E-state index < -0.39 is 12.0 Å². The van der Waals surface area contributed by atoms with Crippen molar-refractivity contribution in [3.63, 3.8) is 0 Å². The molecule has 1 rings (SSSR count). The van der Waals surface area contributed by atoms with Crippen molar-refractivity contribution >= 4 is 40.2 Å². The molecule has 0 aliphatic rings. The van der Waals surface area contributed by atoms with Crippen molar-refractivity contribution in [2.75, 3.05) is 5.32 Å². The number of hydrogen-bond donors (Lipinski definition) is 3. The number of amides is 1. The Bertz CT molecular complexity index is 448. The molecule has 0 spiro atoms. The lowest BCUT2D eigenvalue weighted by Gasteiger charge is -2.12. The van der Waals surface area contributed by atoms with E-state index in [1.54, 1.807) is 19.1 Å². The van der Waals surface area contributed by atoms with Crippen LogP contribution in [-0.4, -0.2) is 23.0 Å². The number of aromatic carboxylic acids is 1. The zero-order chi connectivity index (χ0) is 13.0. The maximum absolute atomic E-state index is 11.6. The van der Waals surface area contributed by atoms with E-state index in [1.807, 2.05) is 22.6 Å². The van der Waals surface area contributed by atoms with Gasteiger partial charge in [0.15, 0.2) is 0 Å². The van der Waals surface area contributed by atoms with E-state index in [0.717, 1.165) is 3.57 Å². The van der Waals surface area contributed by atoms with Crippen LogP contribution in [0.2, 0.25) is 0 Å². The molecule has 1 aromatic rings. The molecule has 1 atom stereocenters. The van der Waals surface area contributed by atoms with Gasteiger partial charge in [0.2, 0.25) is 5.91 Å². The summed E-state index contributed by atoms with van der Waals surface area (Å²) < 4.78 is 0.790. The fourth-order valence-electron chi connectivity index (χ4n) is 1.21. The van der Waals surface area contributed by atoms with Crippen molar-refractivity contribution in [1.29, 1.82) is 0 Å². The van der Waals surface area contributed by atoms with Crippen molar-refractivity contribution < 1.29 is 14.7 Å². The summed E-state index contributed by atoms with van der Waals surface area (Å²) in [7, 11) is 0. The standard InChI is InChI=1S/C11H13IN2O3/c1-2-8(13)10(15)14-9-4-3-6(12)5-7(9)11(16)17/h3-5,8H,2,13H2,1H3,(H,14,15)(H,16,17)/t8-/m0/s1. The Hall–Kier alpha value is -1.15. The minimum atomic E-state index is -1.08. The van der Waals surface area contributed by atoms with Crippen molar-refractivity contribution in [2.24, 2.45) is 5.73 Å². The monoisotopic (exact) mass is 348 g/mol. The number of carboxylic acid groups (broad SMARTS) is 1. The fourth-order valence-corrected chi connectivity index (χ4v) is 1.70. The van der Waals surface area contributed by atoms with Crippen LogP contribution in [0.3, 0.4) is 0 Å². The largest absolute Gasteiger partial charge is 0.478 e. The number of nitrogens with one attached hydrogen (secondary N) is 1. The smallest absolute Gasteiger partial charge is 0.337 e. The summed E-state index contributed by atoms with van der Waals surface area (Å²) >= 11 is 2.01. The van der Waals surface area contributed by atoms with Gasteiger partial charge < -0.3 is 16.2 Å². The van der Waals surface area contributed by atoms with E-state index in [-0.39, 0.29) is 17.2 Å². The van der Waals surface area contributed by atoms with Crippen LogP contribution in [0.15, 0.2) is 18.2 Å². The molecular weight excluding hydrogens is 335 g/mol. The van der Waals surface area contributed by atoms with Crippen molar-refractivity contribution in [1.82, 2.24) is 0 Å². The summed E-state index contributed by atoms with van der Waals surface area (Å²) in [6, 6.07) is 4.15. The number of anilines is 1. The topological polar surface area (TPSA) is 92.4 Å². The predicted molar refractivity (Wildman–Crippen MR) is 73.0 cm³/mol. The molecule has 92 valence electrons. The first-order chi connectivity index (χ1) is 7.95. The maximum atomic E-state index is 11.6. The average molecular weight is 348 g/mol. The second-order valence-electron chi connectivity index (χ2n) is 3.50. The third kappa shape index (κ3) is 3.67. The zero-order valence-corrected chi connectivity index (χ0v) is 11.4. The summed E-state index contributed by atoms with van der Waals surface area (Å²) in [4.78, 5) is 22.6. The molecule has 17 heavy (non-hydrogen) atoms. The van der Waals surface area contributed by atoms with Crippen molar-refractivity contribution in [2.45, 2.75) is 19.4 Å². The average Bonchev–Trinajstić information content (AvgIpc) is 2.29. The van der Waals surface area contributed by atoms with Gasteiger partial charge in [0.25, 0.3) is 0 Å². The Morgan fingerprint density at radius 1 is 1.53 bits per heavy atom. The number of carbonyl (C=O) groups excluding carboxylic acids is 1. The van der Waals surface area contributed by atoms with Gasteiger partial charge in [-0.15, -0.1) is 0 Å². The van der Waals surface area contributed by atoms with Crippen LogP contribution in [0, 0.1) is 3.57 Å². The Kier molecular flexibility index (Phi) is 4.88. The predicted octanol–water partition coefficient (Wildman–Crippen LogP) is 1.67. The number of benzene rings is 1. The Labute approximate surface area is 113 Å². The zero-order valence-electron chi connectivity index (χ0n) is 9.24. The number of carboxylic acids is 1. The first kappa shape index (κ1) is 13.9. The van der Waals surface area contributed by atoms with Crippen molar-refractivity contribution in [3.8, 4) is 0 Å². The Morgan fingerprint density at radius 3 is 2.71 bits per heavy atom. The van der Waals surface area contributed by atoms with Crippen LogP contribution in [0.1, 0.15) is 23.7 Å². The van der Waals surface area contributed by atoms with Gasteiger partial charge in [0.1, 0.15) is 0 Å². The van der Waals surface area contributed by atoms with Gasteiger partial charge in [0.05, 0.1) is 17.3 Å². The van der Waals surface area contributed by atoms with E-state index in [2.05, 4.69) is 5.32 Å². The molecule has 0 unspecified atom stereocenters. The van der Waals surface area contributed by atoms with E-state index in [0.29, 0.717) is 6.42 Å². The molecule has 1 aromatic carbocycles.